The van der Waals surface area contributed by atoms with Crippen molar-refractivity contribution in [3.63, 3.8) is 0 Å². The Labute approximate surface area is 172 Å². The first-order chi connectivity index (χ1) is 14.2. The Bertz CT molecular complexity index is 844. The van der Waals surface area contributed by atoms with Gasteiger partial charge in [0.15, 0.2) is 0 Å². The molecule has 5 heteroatoms. The number of ether oxygens (including phenoxy) is 1. The molecule has 29 heavy (non-hydrogen) atoms. The Morgan fingerprint density at radius 3 is 2.31 bits per heavy atom. The second-order valence-electron chi connectivity index (χ2n) is 7.85. The molecule has 2 aromatic rings. The number of rotatable bonds is 4. The summed E-state index contributed by atoms with van der Waals surface area (Å²) < 4.78 is 5.27. The molecule has 2 atom stereocenters. The van der Waals surface area contributed by atoms with Gasteiger partial charge in [0.05, 0.1) is 19.1 Å². The van der Waals surface area contributed by atoms with E-state index in [4.69, 9.17) is 4.74 Å². The summed E-state index contributed by atoms with van der Waals surface area (Å²) in [7, 11) is 1.63. The predicted molar refractivity (Wildman–Crippen MR) is 113 cm³/mol. The highest BCUT2D eigenvalue weighted by Gasteiger charge is 2.42. The summed E-state index contributed by atoms with van der Waals surface area (Å²) in [5.41, 5.74) is 1.81. The van der Waals surface area contributed by atoms with Crippen molar-refractivity contribution in [1.29, 1.82) is 0 Å². The Balaban J connectivity index is 1.72. The molecule has 152 valence electrons. The summed E-state index contributed by atoms with van der Waals surface area (Å²) in [6.07, 6.45) is 4.30. The van der Waals surface area contributed by atoms with Crippen LogP contribution in [0, 0.1) is 5.92 Å². The Morgan fingerprint density at radius 1 is 0.966 bits per heavy atom. The highest BCUT2D eigenvalue weighted by molar-refractivity contribution is 5.97. The van der Waals surface area contributed by atoms with Crippen LogP contribution >= 0.6 is 0 Å². The van der Waals surface area contributed by atoms with E-state index in [1.165, 1.54) is 6.42 Å². The van der Waals surface area contributed by atoms with Crippen molar-refractivity contribution in [3.8, 4) is 5.75 Å². The molecular weight excluding hydrogens is 364 g/mol. The summed E-state index contributed by atoms with van der Waals surface area (Å²) in [5, 5.41) is 0. The van der Waals surface area contributed by atoms with Crippen LogP contribution < -0.4 is 9.64 Å². The van der Waals surface area contributed by atoms with E-state index in [1.807, 2.05) is 64.4 Å². The number of carbonyl (C=O) groups is 2. The van der Waals surface area contributed by atoms with E-state index in [2.05, 4.69) is 0 Å². The molecule has 2 heterocycles. The first-order valence-corrected chi connectivity index (χ1v) is 10.5. The predicted octanol–water partition coefficient (Wildman–Crippen LogP) is 4.19. The third kappa shape index (κ3) is 4.00. The molecule has 0 aromatic heterocycles. The lowest BCUT2D eigenvalue weighted by atomic mass is 9.82. The number of hydrogen-bond acceptors (Lipinski definition) is 3. The molecule has 2 fully saturated rings. The number of carbonyl (C=O) groups excluding carboxylic acids is 2. The van der Waals surface area contributed by atoms with Crippen LogP contribution in [0.3, 0.4) is 0 Å². The highest BCUT2D eigenvalue weighted by Crippen LogP contribution is 2.41. The van der Waals surface area contributed by atoms with Crippen LogP contribution in [-0.4, -0.2) is 36.9 Å². The third-order valence-corrected chi connectivity index (χ3v) is 6.07. The number of nitrogens with zero attached hydrogens (tertiary/aromatic N) is 2. The van der Waals surface area contributed by atoms with Gasteiger partial charge in [-0.05, 0) is 55.5 Å². The quantitative estimate of drug-likeness (QED) is 0.784. The van der Waals surface area contributed by atoms with Crippen molar-refractivity contribution < 1.29 is 14.3 Å². The molecule has 0 N–H and O–H groups in total. The van der Waals surface area contributed by atoms with Gasteiger partial charge in [0.25, 0.3) is 0 Å². The van der Waals surface area contributed by atoms with Crippen LogP contribution in [0.1, 0.15) is 43.7 Å². The molecule has 2 aliphatic rings. The highest BCUT2D eigenvalue weighted by atomic mass is 16.5. The first kappa shape index (κ1) is 19.5. The molecule has 5 nitrogen and oxygen atoms in total. The van der Waals surface area contributed by atoms with E-state index in [-0.39, 0.29) is 23.8 Å². The van der Waals surface area contributed by atoms with Crippen LogP contribution in [-0.2, 0) is 9.59 Å². The largest absolute Gasteiger partial charge is 0.497 e. The molecule has 2 aliphatic heterocycles. The van der Waals surface area contributed by atoms with Crippen LogP contribution in [0.4, 0.5) is 5.69 Å². The SMILES string of the molecule is COc1ccc(N2C(=O)CC[C@@H](C(=O)N3CCCCC3)[C@@H]2c2ccccc2)cc1. The molecular formula is C24H28N2O3. The van der Waals surface area contributed by atoms with Gasteiger partial charge in [-0.3, -0.25) is 9.59 Å². The van der Waals surface area contributed by atoms with Gasteiger partial charge in [-0.25, -0.2) is 0 Å². The monoisotopic (exact) mass is 392 g/mol. The van der Waals surface area contributed by atoms with Crippen molar-refractivity contribution >= 4 is 17.5 Å². The zero-order valence-electron chi connectivity index (χ0n) is 16.9. The van der Waals surface area contributed by atoms with E-state index >= 15 is 0 Å². The van der Waals surface area contributed by atoms with Gasteiger partial charge >= 0.3 is 0 Å². The molecule has 2 aromatic carbocycles. The molecule has 0 bridgehead atoms. The van der Waals surface area contributed by atoms with E-state index in [0.29, 0.717) is 12.8 Å². The van der Waals surface area contributed by atoms with Crippen LogP contribution in [0.2, 0.25) is 0 Å². The van der Waals surface area contributed by atoms with Gasteiger partial charge < -0.3 is 14.5 Å². The number of benzene rings is 2. The third-order valence-electron chi connectivity index (χ3n) is 6.07. The maximum Gasteiger partial charge on any atom is 0.228 e. The average molecular weight is 392 g/mol. The number of methoxy groups -OCH3 is 1. The average Bonchev–Trinajstić information content (AvgIpc) is 2.79. The van der Waals surface area contributed by atoms with Gasteiger partial charge in [0, 0.05) is 25.2 Å². The Kier molecular flexibility index (Phi) is 5.84. The normalized spacial score (nSPS) is 22.4. The summed E-state index contributed by atoms with van der Waals surface area (Å²) in [6.45, 7) is 1.65. The zero-order chi connectivity index (χ0) is 20.2. The lowest BCUT2D eigenvalue weighted by Gasteiger charge is -2.43. The standard InChI is InChI=1S/C24H28N2O3/c1-29-20-12-10-19(11-13-20)26-22(27)15-14-21(23(26)18-8-4-2-5-9-18)24(28)25-16-6-3-7-17-25/h2,4-5,8-13,21,23H,3,6-7,14-17H2,1H3/t21-,23+/m1/s1. The van der Waals surface area contributed by atoms with E-state index in [0.717, 1.165) is 42.9 Å². The van der Waals surface area contributed by atoms with Crippen molar-refractivity contribution in [2.45, 2.75) is 38.1 Å². The number of amides is 2. The van der Waals surface area contributed by atoms with E-state index < -0.39 is 0 Å². The molecule has 0 saturated carbocycles. The fourth-order valence-electron chi connectivity index (χ4n) is 4.58. The molecule has 0 aliphatic carbocycles. The second-order valence-corrected chi connectivity index (χ2v) is 7.85. The summed E-state index contributed by atoms with van der Waals surface area (Å²) >= 11 is 0. The zero-order valence-corrected chi connectivity index (χ0v) is 16.9. The van der Waals surface area contributed by atoms with E-state index in [9.17, 15) is 9.59 Å². The fourth-order valence-corrected chi connectivity index (χ4v) is 4.58. The van der Waals surface area contributed by atoms with E-state index in [1.54, 1.807) is 7.11 Å². The minimum atomic E-state index is -0.291. The number of likely N-dealkylation sites (tertiary alicyclic amines) is 1. The molecule has 2 amide bonds. The maximum atomic E-state index is 13.5. The van der Waals surface area contributed by atoms with Crippen molar-refractivity contribution in [2.75, 3.05) is 25.1 Å². The lowest BCUT2D eigenvalue weighted by Crippen LogP contribution is -2.50. The Hall–Kier alpha value is -2.82. The fraction of sp³-hybridized carbons (Fsp3) is 0.417. The maximum absolute atomic E-state index is 13.5. The summed E-state index contributed by atoms with van der Waals surface area (Å²) in [5.74, 6) is 0.766. The minimum Gasteiger partial charge on any atom is -0.497 e. The molecule has 4 rings (SSSR count). The van der Waals surface area contributed by atoms with Crippen LogP contribution in [0.5, 0.6) is 5.75 Å². The van der Waals surface area contributed by atoms with Gasteiger partial charge in [-0.2, -0.15) is 0 Å². The molecule has 0 spiro atoms. The molecule has 0 radical (unpaired) electrons. The number of anilines is 1. The van der Waals surface area contributed by atoms with Gasteiger partial charge in [-0.15, -0.1) is 0 Å². The molecule has 2 saturated heterocycles. The second kappa shape index (κ2) is 8.68. The molecule has 0 unspecified atom stereocenters. The van der Waals surface area contributed by atoms with Crippen LogP contribution in [0.15, 0.2) is 54.6 Å². The topological polar surface area (TPSA) is 49.9 Å². The number of piperidine rings is 2. The van der Waals surface area contributed by atoms with Crippen molar-refractivity contribution in [1.82, 2.24) is 4.90 Å². The first-order valence-electron chi connectivity index (χ1n) is 10.5. The van der Waals surface area contributed by atoms with Gasteiger partial charge in [-0.1, -0.05) is 30.3 Å². The summed E-state index contributed by atoms with van der Waals surface area (Å²) in [4.78, 5) is 30.4. The lowest BCUT2D eigenvalue weighted by molar-refractivity contribution is -0.139. The minimum absolute atomic E-state index is 0.0618. The van der Waals surface area contributed by atoms with Crippen molar-refractivity contribution in [2.24, 2.45) is 5.92 Å². The number of hydrogen-bond donors (Lipinski definition) is 0. The van der Waals surface area contributed by atoms with Crippen molar-refractivity contribution in [3.05, 3.63) is 60.2 Å². The summed E-state index contributed by atoms with van der Waals surface area (Å²) in [6, 6.07) is 17.2. The van der Waals surface area contributed by atoms with Gasteiger partial charge in [0.1, 0.15) is 5.75 Å². The van der Waals surface area contributed by atoms with Crippen LogP contribution in [0.25, 0.3) is 0 Å². The van der Waals surface area contributed by atoms with Gasteiger partial charge in [0.2, 0.25) is 11.8 Å². The smallest absolute Gasteiger partial charge is 0.228 e. The Morgan fingerprint density at radius 2 is 1.66 bits per heavy atom.